The number of nitrogens with zero attached hydrogens (tertiary/aromatic N) is 1. The molecule has 1 aliphatic carbocycles. The monoisotopic (exact) mass is 302 g/mol. The largest absolute Gasteiger partial charge is 0.345 e. The molecule has 2 rings (SSSR count). The summed E-state index contributed by atoms with van der Waals surface area (Å²) in [5.41, 5.74) is -0.731. The van der Waals surface area contributed by atoms with Gasteiger partial charge < -0.3 is 10.2 Å². The number of rotatable bonds is 4. The normalized spacial score (nSPS) is 22.9. The van der Waals surface area contributed by atoms with Gasteiger partial charge in [-0.2, -0.15) is 0 Å². The fourth-order valence-corrected chi connectivity index (χ4v) is 3.89. The molecule has 0 aromatic carbocycles. The molecule has 1 aliphatic heterocycles. The number of hydrogen-bond donors (Lipinski definition) is 1. The second-order valence-corrected chi connectivity index (χ2v) is 8.06. The Balaban J connectivity index is 2.12. The number of piperazine rings is 1. The van der Waals surface area contributed by atoms with Gasteiger partial charge in [-0.25, -0.2) is 8.42 Å². The highest BCUT2D eigenvalue weighted by Gasteiger charge is 2.49. The van der Waals surface area contributed by atoms with E-state index in [4.69, 9.17) is 0 Å². The molecule has 2 amide bonds. The lowest BCUT2D eigenvalue weighted by atomic mass is 9.78. The molecule has 1 saturated carbocycles. The molecule has 7 heteroatoms. The van der Waals surface area contributed by atoms with Crippen LogP contribution in [0.1, 0.15) is 38.5 Å². The van der Waals surface area contributed by atoms with Crippen LogP contribution in [-0.4, -0.2) is 55.8 Å². The van der Waals surface area contributed by atoms with Crippen molar-refractivity contribution in [2.24, 2.45) is 0 Å². The third-order valence-corrected chi connectivity index (χ3v) is 5.25. The zero-order chi connectivity index (χ0) is 14.8. The van der Waals surface area contributed by atoms with E-state index in [1.165, 1.54) is 6.26 Å². The molecule has 114 valence electrons. The first-order valence-corrected chi connectivity index (χ1v) is 9.18. The highest BCUT2D eigenvalue weighted by atomic mass is 32.2. The van der Waals surface area contributed by atoms with Gasteiger partial charge in [0, 0.05) is 12.8 Å². The summed E-state index contributed by atoms with van der Waals surface area (Å²) in [5, 5.41) is 2.68. The molecule has 1 saturated heterocycles. The van der Waals surface area contributed by atoms with Crippen LogP contribution in [0.4, 0.5) is 0 Å². The highest BCUT2D eigenvalue weighted by molar-refractivity contribution is 7.90. The van der Waals surface area contributed by atoms with Gasteiger partial charge in [-0.15, -0.1) is 0 Å². The van der Waals surface area contributed by atoms with Gasteiger partial charge in [-0.1, -0.05) is 19.3 Å². The van der Waals surface area contributed by atoms with Crippen LogP contribution in [0.25, 0.3) is 0 Å². The molecule has 20 heavy (non-hydrogen) atoms. The summed E-state index contributed by atoms with van der Waals surface area (Å²) in [7, 11) is -3.04. The number of nitrogens with one attached hydrogen (secondary N) is 1. The van der Waals surface area contributed by atoms with Gasteiger partial charge in [0.25, 0.3) is 0 Å². The van der Waals surface area contributed by atoms with Gasteiger partial charge in [0.15, 0.2) is 0 Å². The lowest BCUT2D eigenvalue weighted by Gasteiger charge is -2.48. The number of hydrogen-bond acceptors (Lipinski definition) is 4. The van der Waals surface area contributed by atoms with Crippen molar-refractivity contribution in [1.29, 1.82) is 0 Å². The number of carbonyl (C=O) groups excluding carboxylic acids is 2. The smallest absolute Gasteiger partial charge is 0.246 e. The molecule has 0 bridgehead atoms. The second-order valence-electron chi connectivity index (χ2n) is 5.80. The van der Waals surface area contributed by atoms with Crippen molar-refractivity contribution in [3.63, 3.8) is 0 Å². The van der Waals surface area contributed by atoms with E-state index in [2.05, 4.69) is 5.32 Å². The van der Waals surface area contributed by atoms with Gasteiger partial charge in [-0.3, -0.25) is 9.59 Å². The maximum atomic E-state index is 12.3. The Labute approximate surface area is 119 Å². The first-order chi connectivity index (χ1) is 9.35. The van der Waals surface area contributed by atoms with E-state index < -0.39 is 15.4 Å². The molecular formula is C13H22N2O4S. The van der Waals surface area contributed by atoms with E-state index in [0.717, 1.165) is 19.3 Å². The van der Waals surface area contributed by atoms with Crippen LogP contribution in [0, 0.1) is 0 Å². The summed E-state index contributed by atoms with van der Waals surface area (Å²) in [5.74, 6) is -0.120. The second kappa shape index (κ2) is 5.71. The van der Waals surface area contributed by atoms with E-state index in [9.17, 15) is 18.0 Å². The maximum absolute atomic E-state index is 12.3. The van der Waals surface area contributed by atoms with Crippen LogP contribution in [-0.2, 0) is 19.4 Å². The number of amides is 2. The molecule has 1 N–H and O–H groups in total. The first kappa shape index (κ1) is 15.3. The molecule has 0 unspecified atom stereocenters. The molecule has 1 heterocycles. The predicted octanol–water partition coefficient (Wildman–Crippen LogP) is 0.0824. The van der Waals surface area contributed by atoms with Gasteiger partial charge in [-0.05, 0) is 19.3 Å². The van der Waals surface area contributed by atoms with E-state index in [-0.39, 0.29) is 24.1 Å². The molecule has 0 radical (unpaired) electrons. The first-order valence-electron chi connectivity index (χ1n) is 7.12. The third-order valence-electron chi connectivity index (χ3n) is 4.22. The van der Waals surface area contributed by atoms with Crippen molar-refractivity contribution in [2.75, 3.05) is 25.1 Å². The summed E-state index contributed by atoms with van der Waals surface area (Å²) in [6.45, 7) is 0.374. The predicted molar refractivity (Wildman–Crippen MR) is 74.9 cm³/mol. The quantitative estimate of drug-likeness (QED) is 0.797. The molecule has 0 aromatic rings. The zero-order valence-corrected chi connectivity index (χ0v) is 12.7. The standard InChI is InChI=1S/C13H22N2O4S/c1-20(18,19)9-5-8-15-11(16)10-14-12(17)13(15)6-3-2-4-7-13/h2-10H2,1H3,(H,14,17). The van der Waals surface area contributed by atoms with Crippen molar-refractivity contribution >= 4 is 21.7 Å². The molecule has 1 spiro atoms. The van der Waals surface area contributed by atoms with Gasteiger partial charge in [0.1, 0.15) is 15.4 Å². The molecule has 0 aromatic heterocycles. The van der Waals surface area contributed by atoms with E-state index in [1.54, 1.807) is 4.90 Å². The molecule has 0 atom stereocenters. The minimum Gasteiger partial charge on any atom is -0.345 e. The van der Waals surface area contributed by atoms with Crippen LogP contribution in [0.15, 0.2) is 0 Å². The van der Waals surface area contributed by atoms with E-state index >= 15 is 0 Å². The Bertz CT molecular complexity index is 495. The van der Waals surface area contributed by atoms with Gasteiger partial charge >= 0.3 is 0 Å². The SMILES string of the molecule is CS(=O)(=O)CCCN1C(=O)CNC(=O)C12CCCCC2. The van der Waals surface area contributed by atoms with Crippen LogP contribution in [0.3, 0.4) is 0 Å². The fraction of sp³-hybridized carbons (Fsp3) is 0.846. The fourth-order valence-electron chi connectivity index (χ4n) is 3.23. The van der Waals surface area contributed by atoms with Gasteiger partial charge in [0.05, 0.1) is 12.3 Å². The van der Waals surface area contributed by atoms with Crippen LogP contribution in [0.5, 0.6) is 0 Å². The molecule has 2 aliphatic rings. The van der Waals surface area contributed by atoms with Crippen molar-refractivity contribution < 1.29 is 18.0 Å². The van der Waals surface area contributed by atoms with Crippen LogP contribution in [0.2, 0.25) is 0 Å². The summed E-state index contributed by atoms with van der Waals surface area (Å²) in [6, 6.07) is 0. The van der Waals surface area contributed by atoms with E-state index in [0.29, 0.717) is 25.8 Å². The van der Waals surface area contributed by atoms with Crippen molar-refractivity contribution in [3.8, 4) is 0 Å². The summed E-state index contributed by atoms with van der Waals surface area (Å²) < 4.78 is 22.4. The highest BCUT2D eigenvalue weighted by Crippen LogP contribution is 2.35. The topological polar surface area (TPSA) is 83.6 Å². The number of carbonyl (C=O) groups is 2. The molecule has 6 nitrogen and oxygen atoms in total. The zero-order valence-electron chi connectivity index (χ0n) is 11.9. The Morgan fingerprint density at radius 2 is 1.85 bits per heavy atom. The Hall–Kier alpha value is -1.11. The maximum Gasteiger partial charge on any atom is 0.246 e. The van der Waals surface area contributed by atoms with Gasteiger partial charge in [0.2, 0.25) is 11.8 Å². The van der Waals surface area contributed by atoms with Crippen molar-refractivity contribution in [3.05, 3.63) is 0 Å². The molecular weight excluding hydrogens is 280 g/mol. The average molecular weight is 302 g/mol. The Kier molecular flexibility index (Phi) is 4.36. The van der Waals surface area contributed by atoms with Crippen molar-refractivity contribution in [1.82, 2.24) is 10.2 Å². The van der Waals surface area contributed by atoms with E-state index in [1.807, 2.05) is 0 Å². The number of sulfone groups is 1. The summed E-state index contributed by atoms with van der Waals surface area (Å²) in [6.07, 6.45) is 5.90. The minimum absolute atomic E-state index is 0.0272. The van der Waals surface area contributed by atoms with Crippen LogP contribution < -0.4 is 5.32 Å². The summed E-state index contributed by atoms with van der Waals surface area (Å²) >= 11 is 0. The van der Waals surface area contributed by atoms with Crippen molar-refractivity contribution in [2.45, 2.75) is 44.1 Å². The summed E-state index contributed by atoms with van der Waals surface area (Å²) in [4.78, 5) is 26.0. The Morgan fingerprint density at radius 3 is 2.45 bits per heavy atom. The lowest BCUT2D eigenvalue weighted by Crippen LogP contribution is -2.67. The lowest BCUT2D eigenvalue weighted by molar-refractivity contribution is -0.156. The third kappa shape index (κ3) is 3.13. The van der Waals surface area contributed by atoms with Crippen LogP contribution >= 0.6 is 0 Å². The minimum atomic E-state index is -3.04. The average Bonchev–Trinajstić information content (AvgIpc) is 2.38. The Morgan fingerprint density at radius 1 is 1.20 bits per heavy atom. The molecule has 2 fully saturated rings.